The van der Waals surface area contributed by atoms with E-state index in [2.05, 4.69) is 22.4 Å². The van der Waals surface area contributed by atoms with Crippen molar-refractivity contribution in [2.24, 2.45) is 0 Å². The van der Waals surface area contributed by atoms with Gasteiger partial charge in [0, 0.05) is 25.5 Å². The molecule has 1 heterocycles. The molecule has 29 heavy (non-hydrogen) atoms. The van der Waals surface area contributed by atoms with Gasteiger partial charge in [0.1, 0.15) is 5.69 Å². The van der Waals surface area contributed by atoms with Gasteiger partial charge >= 0.3 is 5.97 Å². The van der Waals surface area contributed by atoms with Crippen LogP contribution in [0.1, 0.15) is 33.3 Å². The van der Waals surface area contributed by atoms with Crippen LogP contribution in [-0.4, -0.2) is 30.5 Å². The van der Waals surface area contributed by atoms with Crippen molar-refractivity contribution in [1.29, 1.82) is 0 Å². The number of hydrogen-bond donors (Lipinski definition) is 1. The zero-order chi connectivity index (χ0) is 20.6. The number of amides is 1. The van der Waals surface area contributed by atoms with E-state index in [4.69, 9.17) is 4.74 Å². The van der Waals surface area contributed by atoms with Crippen molar-refractivity contribution >= 4 is 23.3 Å². The first-order chi connectivity index (χ1) is 14.1. The van der Waals surface area contributed by atoms with Crippen LogP contribution >= 0.6 is 0 Å². The maximum absolute atomic E-state index is 12.7. The van der Waals surface area contributed by atoms with Crippen molar-refractivity contribution in [2.45, 2.75) is 13.5 Å². The summed E-state index contributed by atoms with van der Waals surface area (Å²) in [5.41, 5.74) is 3.00. The van der Waals surface area contributed by atoms with E-state index in [1.54, 1.807) is 43.5 Å². The number of carbonyl (C=O) groups is 2. The number of hydrogen-bond acceptors (Lipinski definition) is 5. The Morgan fingerprint density at radius 2 is 1.76 bits per heavy atom. The number of anilines is 2. The molecule has 1 amide bonds. The highest BCUT2D eigenvalue weighted by Gasteiger charge is 2.16. The molecule has 1 N–H and O–H groups in total. The Balaban J connectivity index is 1.76. The Hall–Kier alpha value is -3.67. The van der Waals surface area contributed by atoms with Crippen LogP contribution < -0.4 is 10.2 Å². The van der Waals surface area contributed by atoms with Crippen molar-refractivity contribution in [3.63, 3.8) is 0 Å². The van der Waals surface area contributed by atoms with E-state index >= 15 is 0 Å². The van der Waals surface area contributed by atoms with E-state index in [1.165, 1.54) is 5.56 Å². The number of nitrogens with one attached hydrogen (secondary N) is 1. The monoisotopic (exact) mass is 389 g/mol. The fourth-order valence-electron chi connectivity index (χ4n) is 2.89. The third-order valence-electron chi connectivity index (χ3n) is 4.35. The van der Waals surface area contributed by atoms with E-state index in [0.29, 0.717) is 17.8 Å². The Labute approximate surface area is 170 Å². The van der Waals surface area contributed by atoms with Gasteiger partial charge < -0.3 is 15.0 Å². The average molecular weight is 389 g/mol. The molecule has 0 saturated heterocycles. The lowest BCUT2D eigenvalue weighted by Crippen LogP contribution is -2.19. The van der Waals surface area contributed by atoms with Crippen LogP contribution in [0.3, 0.4) is 0 Å². The average Bonchev–Trinajstić information content (AvgIpc) is 2.75. The maximum atomic E-state index is 12.7. The molecule has 148 valence electrons. The highest BCUT2D eigenvalue weighted by molar-refractivity contribution is 6.07. The molecule has 0 bridgehead atoms. The number of pyridine rings is 1. The van der Waals surface area contributed by atoms with Crippen molar-refractivity contribution in [3.05, 3.63) is 89.7 Å². The van der Waals surface area contributed by atoms with Gasteiger partial charge in [0.25, 0.3) is 5.91 Å². The van der Waals surface area contributed by atoms with Crippen LogP contribution in [0, 0.1) is 0 Å². The number of benzene rings is 2. The molecule has 3 rings (SSSR count). The van der Waals surface area contributed by atoms with Crippen molar-refractivity contribution in [2.75, 3.05) is 23.9 Å². The molecule has 0 atom stereocenters. The van der Waals surface area contributed by atoms with Gasteiger partial charge in [-0.2, -0.15) is 0 Å². The largest absolute Gasteiger partial charge is 0.462 e. The van der Waals surface area contributed by atoms with Crippen LogP contribution in [0.15, 0.2) is 72.9 Å². The lowest BCUT2D eigenvalue weighted by molar-refractivity contribution is 0.0527. The third-order valence-corrected chi connectivity index (χ3v) is 4.35. The minimum atomic E-state index is -0.479. The number of esters is 1. The quantitative estimate of drug-likeness (QED) is 0.615. The van der Waals surface area contributed by atoms with E-state index in [9.17, 15) is 9.59 Å². The molecule has 6 nitrogen and oxygen atoms in total. The van der Waals surface area contributed by atoms with Crippen molar-refractivity contribution in [3.8, 4) is 0 Å². The number of ether oxygens (including phenoxy) is 1. The standard InChI is InChI=1S/C23H23N3O3/c1-3-29-23(28)19-11-7-8-12-20(19)25-22(27)21-15-18(13-14-24-21)26(2)16-17-9-5-4-6-10-17/h4-15H,3,16H2,1-2H3,(H,25,27). The number of para-hydroxylation sites is 1. The number of aromatic nitrogens is 1. The van der Waals surface area contributed by atoms with E-state index < -0.39 is 11.9 Å². The van der Waals surface area contributed by atoms with Gasteiger partial charge in [-0.3, -0.25) is 9.78 Å². The number of nitrogens with zero attached hydrogens (tertiary/aromatic N) is 2. The SMILES string of the molecule is CCOC(=O)c1ccccc1NC(=O)c1cc(N(C)Cc2ccccc2)ccn1. The third kappa shape index (κ3) is 5.19. The Morgan fingerprint density at radius 1 is 1.03 bits per heavy atom. The minimum absolute atomic E-state index is 0.262. The summed E-state index contributed by atoms with van der Waals surface area (Å²) in [7, 11) is 1.96. The summed E-state index contributed by atoms with van der Waals surface area (Å²) in [6, 6.07) is 20.4. The van der Waals surface area contributed by atoms with Crippen LogP contribution in [0.4, 0.5) is 11.4 Å². The molecule has 0 saturated carbocycles. The fraction of sp³-hybridized carbons (Fsp3) is 0.174. The van der Waals surface area contributed by atoms with Gasteiger partial charge in [0.15, 0.2) is 0 Å². The second-order valence-electron chi connectivity index (χ2n) is 6.46. The first-order valence-electron chi connectivity index (χ1n) is 9.37. The highest BCUT2D eigenvalue weighted by atomic mass is 16.5. The molecule has 2 aromatic carbocycles. The number of carbonyl (C=O) groups excluding carboxylic acids is 2. The maximum Gasteiger partial charge on any atom is 0.340 e. The first kappa shape index (κ1) is 20.1. The second kappa shape index (κ2) is 9.50. The normalized spacial score (nSPS) is 10.3. The second-order valence-corrected chi connectivity index (χ2v) is 6.46. The molecule has 0 aliphatic heterocycles. The van der Waals surface area contributed by atoms with Gasteiger partial charge in [0.05, 0.1) is 17.9 Å². The van der Waals surface area contributed by atoms with Crippen LogP contribution in [0.2, 0.25) is 0 Å². The highest BCUT2D eigenvalue weighted by Crippen LogP contribution is 2.19. The smallest absolute Gasteiger partial charge is 0.340 e. The minimum Gasteiger partial charge on any atom is -0.462 e. The lowest BCUT2D eigenvalue weighted by atomic mass is 10.1. The molecule has 0 fully saturated rings. The molecule has 6 heteroatoms. The molecular formula is C23H23N3O3. The summed E-state index contributed by atoms with van der Waals surface area (Å²) in [6.45, 7) is 2.70. The lowest BCUT2D eigenvalue weighted by Gasteiger charge is -2.20. The fourth-order valence-corrected chi connectivity index (χ4v) is 2.89. The van der Waals surface area contributed by atoms with E-state index in [1.807, 2.05) is 36.2 Å². The van der Waals surface area contributed by atoms with Gasteiger partial charge in [0.2, 0.25) is 0 Å². The van der Waals surface area contributed by atoms with E-state index in [0.717, 1.165) is 5.69 Å². The van der Waals surface area contributed by atoms with Crippen LogP contribution in [-0.2, 0) is 11.3 Å². The Kier molecular flexibility index (Phi) is 6.58. The van der Waals surface area contributed by atoms with Gasteiger partial charge in [-0.25, -0.2) is 4.79 Å². The Bertz CT molecular complexity index is 989. The molecule has 0 radical (unpaired) electrons. The van der Waals surface area contributed by atoms with Gasteiger partial charge in [-0.15, -0.1) is 0 Å². The van der Waals surface area contributed by atoms with Crippen LogP contribution in [0.5, 0.6) is 0 Å². The molecule has 0 aliphatic carbocycles. The first-order valence-corrected chi connectivity index (χ1v) is 9.37. The summed E-state index contributed by atoms with van der Waals surface area (Å²) in [5.74, 6) is -0.871. The molecule has 0 aliphatic rings. The predicted molar refractivity (Wildman–Crippen MR) is 113 cm³/mol. The summed E-state index contributed by atoms with van der Waals surface area (Å²) in [6.07, 6.45) is 1.60. The number of rotatable bonds is 7. The van der Waals surface area contributed by atoms with Crippen LogP contribution in [0.25, 0.3) is 0 Å². The molecule has 0 unspecified atom stereocenters. The summed E-state index contributed by atoms with van der Waals surface area (Å²) in [4.78, 5) is 31.1. The van der Waals surface area contributed by atoms with Gasteiger partial charge in [-0.1, -0.05) is 42.5 Å². The Morgan fingerprint density at radius 3 is 2.52 bits per heavy atom. The predicted octanol–water partition coefficient (Wildman–Crippen LogP) is 4.15. The molecule has 3 aromatic rings. The summed E-state index contributed by atoms with van der Waals surface area (Å²) < 4.78 is 5.05. The van der Waals surface area contributed by atoms with Crippen molar-refractivity contribution < 1.29 is 14.3 Å². The van der Waals surface area contributed by atoms with Crippen molar-refractivity contribution in [1.82, 2.24) is 4.98 Å². The van der Waals surface area contributed by atoms with E-state index in [-0.39, 0.29) is 12.3 Å². The topological polar surface area (TPSA) is 71.5 Å². The summed E-state index contributed by atoms with van der Waals surface area (Å²) in [5, 5.41) is 2.76. The zero-order valence-corrected chi connectivity index (χ0v) is 16.5. The molecular weight excluding hydrogens is 366 g/mol. The molecule has 0 spiro atoms. The molecule has 1 aromatic heterocycles. The summed E-state index contributed by atoms with van der Waals surface area (Å²) >= 11 is 0. The van der Waals surface area contributed by atoms with Gasteiger partial charge in [-0.05, 0) is 36.8 Å². The zero-order valence-electron chi connectivity index (χ0n) is 16.5.